The molecule has 0 atom stereocenters. The minimum atomic E-state index is 0. The van der Waals surface area contributed by atoms with Crippen molar-refractivity contribution in [3.8, 4) is 0 Å². The number of nitrogens with one attached hydrogen (secondary N) is 2. The van der Waals surface area contributed by atoms with Crippen molar-refractivity contribution in [2.75, 3.05) is 20.6 Å². The molecule has 0 saturated carbocycles. The molecule has 0 amide bonds. The van der Waals surface area contributed by atoms with Crippen molar-refractivity contribution in [2.45, 2.75) is 13.3 Å². The summed E-state index contributed by atoms with van der Waals surface area (Å²) in [5.74, 6) is 0.818. The number of thiazole rings is 1. The molecular formula is C9H17IN4S. The molecule has 0 aliphatic heterocycles. The SMILES string of the molecule is CN=C(NC)NCCc1ncc(C)s1.I. The second-order valence-corrected chi connectivity index (χ2v) is 4.18. The molecule has 6 heteroatoms. The molecule has 0 fully saturated rings. The predicted octanol–water partition coefficient (Wildman–Crippen LogP) is 1.41. The molecule has 1 aromatic heterocycles. The second kappa shape index (κ2) is 7.86. The Kier molecular flexibility index (Phi) is 7.67. The fourth-order valence-electron chi connectivity index (χ4n) is 1.08. The third-order valence-electron chi connectivity index (χ3n) is 1.76. The van der Waals surface area contributed by atoms with Crippen LogP contribution in [-0.2, 0) is 6.42 Å². The summed E-state index contributed by atoms with van der Waals surface area (Å²) in [4.78, 5) is 9.56. The van der Waals surface area contributed by atoms with Gasteiger partial charge in [0.15, 0.2) is 5.96 Å². The molecule has 0 bridgehead atoms. The maximum absolute atomic E-state index is 4.28. The molecule has 1 heterocycles. The van der Waals surface area contributed by atoms with Gasteiger partial charge in [-0.2, -0.15) is 0 Å². The molecule has 0 aliphatic rings. The highest BCUT2D eigenvalue weighted by molar-refractivity contribution is 14.0. The molecule has 0 saturated heterocycles. The van der Waals surface area contributed by atoms with Crippen molar-refractivity contribution in [1.29, 1.82) is 0 Å². The summed E-state index contributed by atoms with van der Waals surface area (Å²) >= 11 is 1.74. The number of rotatable bonds is 3. The first kappa shape index (κ1) is 14.6. The predicted molar refractivity (Wildman–Crippen MR) is 76.4 cm³/mol. The average Bonchev–Trinajstić information content (AvgIpc) is 2.59. The monoisotopic (exact) mass is 340 g/mol. The van der Waals surface area contributed by atoms with Crippen LogP contribution in [0.2, 0.25) is 0 Å². The Balaban J connectivity index is 0.00000196. The third kappa shape index (κ3) is 5.31. The zero-order valence-corrected chi connectivity index (χ0v) is 12.3. The van der Waals surface area contributed by atoms with Gasteiger partial charge in [-0.05, 0) is 6.92 Å². The maximum atomic E-state index is 4.28. The van der Waals surface area contributed by atoms with Crippen LogP contribution in [-0.4, -0.2) is 31.6 Å². The summed E-state index contributed by atoms with van der Waals surface area (Å²) in [6.45, 7) is 2.93. The lowest BCUT2D eigenvalue weighted by molar-refractivity contribution is 0.829. The topological polar surface area (TPSA) is 49.3 Å². The normalized spacial score (nSPS) is 10.7. The summed E-state index contributed by atoms with van der Waals surface area (Å²) in [5, 5.41) is 7.32. The lowest BCUT2D eigenvalue weighted by atomic mass is 10.4. The highest BCUT2D eigenvalue weighted by Crippen LogP contribution is 2.10. The zero-order chi connectivity index (χ0) is 10.4. The summed E-state index contributed by atoms with van der Waals surface area (Å²) in [6.07, 6.45) is 2.85. The maximum Gasteiger partial charge on any atom is 0.190 e. The molecule has 1 rings (SSSR count). The summed E-state index contributed by atoms with van der Waals surface area (Å²) in [5.41, 5.74) is 0. The highest BCUT2D eigenvalue weighted by atomic mass is 127. The van der Waals surface area contributed by atoms with E-state index in [0.717, 1.165) is 18.9 Å². The number of guanidine groups is 1. The first-order valence-electron chi connectivity index (χ1n) is 4.56. The molecule has 4 nitrogen and oxygen atoms in total. The van der Waals surface area contributed by atoms with E-state index in [1.807, 2.05) is 13.2 Å². The molecule has 0 unspecified atom stereocenters. The van der Waals surface area contributed by atoms with Crippen LogP contribution in [0.1, 0.15) is 9.88 Å². The van der Waals surface area contributed by atoms with Crippen molar-refractivity contribution >= 4 is 41.3 Å². The zero-order valence-electron chi connectivity index (χ0n) is 9.20. The van der Waals surface area contributed by atoms with Gasteiger partial charge >= 0.3 is 0 Å². The Hall–Kier alpha value is -0.370. The fraction of sp³-hybridized carbons (Fsp3) is 0.556. The number of aryl methyl sites for hydroxylation is 1. The van der Waals surface area contributed by atoms with Crippen LogP contribution < -0.4 is 10.6 Å². The van der Waals surface area contributed by atoms with E-state index in [0.29, 0.717) is 0 Å². The van der Waals surface area contributed by atoms with Gasteiger partial charge in [-0.1, -0.05) is 0 Å². The average molecular weight is 340 g/mol. The number of aromatic nitrogens is 1. The molecule has 0 spiro atoms. The standard InChI is InChI=1S/C9H16N4S.HI/c1-7-6-13-8(14-7)4-5-12-9(10-2)11-3;/h6H,4-5H2,1-3H3,(H2,10,11,12);1H. The van der Waals surface area contributed by atoms with Crippen molar-refractivity contribution in [3.05, 3.63) is 16.1 Å². The van der Waals surface area contributed by atoms with Crippen LogP contribution >= 0.6 is 35.3 Å². The van der Waals surface area contributed by atoms with Crippen molar-refractivity contribution in [3.63, 3.8) is 0 Å². The van der Waals surface area contributed by atoms with E-state index in [1.165, 1.54) is 9.88 Å². The van der Waals surface area contributed by atoms with E-state index in [2.05, 4.69) is 27.5 Å². The van der Waals surface area contributed by atoms with Crippen LogP contribution in [0, 0.1) is 6.92 Å². The number of hydrogen-bond donors (Lipinski definition) is 2. The molecule has 0 aromatic carbocycles. The Morgan fingerprint density at radius 1 is 1.60 bits per heavy atom. The second-order valence-electron chi connectivity index (χ2n) is 2.86. The summed E-state index contributed by atoms with van der Waals surface area (Å²) in [7, 11) is 3.61. The Labute approximate surface area is 112 Å². The van der Waals surface area contributed by atoms with Crippen molar-refractivity contribution in [1.82, 2.24) is 15.6 Å². The van der Waals surface area contributed by atoms with Gasteiger partial charge in [0, 0.05) is 38.1 Å². The largest absolute Gasteiger partial charge is 0.359 e. The van der Waals surface area contributed by atoms with Crippen LogP contribution in [0.5, 0.6) is 0 Å². The summed E-state index contributed by atoms with van der Waals surface area (Å²) in [6, 6.07) is 0. The highest BCUT2D eigenvalue weighted by Gasteiger charge is 1.98. The lowest BCUT2D eigenvalue weighted by Gasteiger charge is -2.06. The smallest absolute Gasteiger partial charge is 0.190 e. The van der Waals surface area contributed by atoms with Gasteiger partial charge in [-0.3, -0.25) is 4.99 Å². The van der Waals surface area contributed by atoms with Gasteiger partial charge in [0.05, 0.1) is 5.01 Å². The van der Waals surface area contributed by atoms with Crippen LogP contribution in [0.15, 0.2) is 11.2 Å². The van der Waals surface area contributed by atoms with Crippen molar-refractivity contribution in [2.24, 2.45) is 4.99 Å². The molecule has 15 heavy (non-hydrogen) atoms. The molecular weight excluding hydrogens is 323 g/mol. The van der Waals surface area contributed by atoms with E-state index in [9.17, 15) is 0 Å². The van der Waals surface area contributed by atoms with Gasteiger partial charge < -0.3 is 10.6 Å². The number of nitrogens with zero attached hydrogens (tertiary/aromatic N) is 2. The lowest BCUT2D eigenvalue weighted by Crippen LogP contribution is -2.35. The van der Waals surface area contributed by atoms with E-state index in [-0.39, 0.29) is 24.0 Å². The quantitative estimate of drug-likeness (QED) is 0.497. The number of halogens is 1. The van der Waals surface area contributed by atoms with Gasteiger partial charge in [-0.15, -0.1) is 35.3 Å². The summed E-state index contributed by atoms with van der Waals surface area (Å²) < 4.78 is 0. The first-order chi connectivity index (χ1) is 6.76. The number of hydrogen-bond acceptors (Lipinski definition) is 3. The number of aliphatic imine (C=N–C) groups is 1. The molecule has 0 radical (unpaired) electrons. The minimum Gasteiger partial charge on any atom is -0.359 e. The van der Waals surface area contributed by atoms with Crippen LogP contribution in [0.4, 0.5) is 0 Å². The molecule has 0 aliphatic carbocycles. The first-order valence-corrected chi connectivity index (χ1v) is 5.37. The Morgan fingerprint density at radius 2 is 2.33 bits per heavy atom. The van der Waals surface area contributed by atoms with E-state index < -0.39 is 0 Å². The van der Waals surface area contributed by atoms with Gasteiger partial charge in [-0.25, -0.2) is 4.98 Å². The van der Waals surface area contributed by atoms with E-state index in [1.54, 1.807) is 18.4 Å². The Morgan fingerprint density at radius 3 is 2.80 bits per heavy atom. The molecule has 86 valence electrons. The van der Waals surface area contributed by atoms with E-state index in [4.69, 9.17) is 0 Å². The van der Waals surface area contributed by atoms with Crippen LogP contribution in [0.3, 0.4) is 0 Å². The fourth-order valence-corrected chi connectivity index (χ4v) is 1.87. The van der Waals surface area contributed by atoms with Crippen molar-refractivity contribution < 1.29 is 0 Å². The van der Waals surface area contributed by atoms with Crippen LogP contribution in [0.25, 0.3) is 0 Å². The van der Waals surface area contributed by atoms with E-state index >= 15 is 0 Å². The molecule has 2 N–H and O–H groups in total. The third-order valence-corrected chi connectivity index (χ3v) is 2.73. The van der Waals surface area contributed by atoms with Gasteiger partial charge in [0.25, 0.3) is 0 Å². The van der Waals surface area contributed by atoms with Gasteiger partial charge in [0.2, 0.25) is 0 Å². The Bertz CT molecular complexity index is 311. The minimum absolute atomic E-state index is 0. The molecule has 1 aromatic rings. The van der Waals surface area contributed by atoms with Gasteiger partial charge in [0.1, 0.15) is 0 Å².